The predicted octanol–water partition coefficient (Wildman–Crippen LogP) is 2.67. The molecule has 5 heteroatoms. The van der Waals surface area contributed by atoms with Crippen LogP contribution in [0, 0.1) is 0 Å². The van der Waals surface area contributed by atoms with Crippen LogP contribution in [0.4, 0.5) is 0 Å². The van der Waals surface area contributed by atoms with Gasteiger partial charge in [0.2, 0.25) is 0 Å². The molecule has 0 saturated heterocycles. The Balaban J connectivity index is 1.32. The highest BCUT2D eigenvalue weighted by molar-refractivity contribution is 5.29. The van der Waals surface area contributed by atoms with Crippen molar-refractivity contribution in [3.8, 4) is 5.75 Å². The molecule has 0 radical (unpaired) electrons. The van der Waals surface area contributed by atoms with Crippen LogP contribution in [0.5, 0.6) is 5.75 Å². The van der Waals surface area contributed by atoms with Gasteiger partial charge in [-0.2, -0.15) is 0 Å². The molecule has 1 saturated carbocycles. The molecule has 5 nitrogen and oxygen atoms in total. The smallest absolute Gasteiger partial charge is 0.126 e. The molecule has 3 aromatic rings. The van der Waals surface area contributed by atoms with Gasteiger partial charge in [-0.05, 0) is 35.4 Å². The molecule has 1 aliphatic rings. The molecule has 2 atom stereocenters. The number of aliphatic hydroxyl groups is 1. The maximum absolute atomic E-state index is 10.6. The summed E-state index contributed by atoms with van der Waals surface area (Å²) in [5.74, 6) is 0.884. The Bertz CT molecular complexity index is 937. The normalized spacial score (nSPS) is 15.5. The molecule has 164 valence electrons. The summed E-state index contributed by atoms with van der Waals surface area (Å²) in [5, 5.41) is 10.6. The van der Waals surface area contributed by atoms with E-state index in [1.165, 1.54) is 29.0 Å². The third-order valence-electron chi connectivity index (χ3n) is 5.89. The van der Waals surface area contributed by atoms with Gasteiger partial charge in [-0.15, -0.1) is 0 Å². The third kappa shape index (κ3) is 6.44. The molecule has 0 aliphatic heterocycles. The zero-order valence-corrected chi connectivity index (χ0v) is 18.2. The van der Waals surface area contributed by atoms with Crippen LogP contribution in [0.1, 0.15) is 29.7 Å². The van der Waals surface area contributed by atoms with Crippen molar-refractivity contribution in [3.05, 3.63) is 89.7 Å². The minimum atomic E-state index is -0.457. The number of ether oxygens (including phenoxy) is 2. The van der Waals surface area contributed by atoms with Crippen LogP contribution in [0.25, 0.3) is 0 Å². The highest BCUT2D eigenvalue weighted by Gasteiger charge is 2.35. The highest BCUT2D eigenvalue weighted by atomic mass is 16.5. The van der Waals surface area contributed by atoms with Crippen molar-refractivity contribution >= 4 is 0 Å². The number of nitrogens with zero attached hydrogens (tertiary/aromatic N) is 1. The van der Waals surface area contributed by atoms with E-state index in [1.807, 2.05) is 42.5 Å². The second-order valence-corrected chi connectivity index (χ2v) is 8.45. The van der Waals surface area contributed by atoms with Crippen LogP contribution in [0.3, 0.4) is 0 Å². The first kappa shape index (κ1) is 21.6. The maximum Gasteiger partial charge on any atom is 0.126 e. The quantitative estimate of drug-likeness (QED) is 0.473. The summed E-state index contributed by atoms with van der Waals surface area (Å²) in [4.78, 5) is 1.45. The number of rotatable bonds is 12. The fourth-order valence-electron chi connectivity index (χ4n) is 4.09. The van der Waals surface area contributed by atoms with Gasteiger partial charge in [0.15, 0.2) is 0 Å². The second kappa shape index (κ2) is 10.6. The molecule has 1 fully saturated rings. The first-order valence-electron chi connectivity index (χ1n) is 11.1. The number of methoxy groups -OCH3 is 1. The Morgan fingerprint density at radius 3 is 2.61 bits per heavy atom. The van der Waals surface area contributed by atoms with Crippen LogP contribution >= 0.6 is 0 Å². The monoisotopic (exact) mass is 421 g/mol. The van der Waals surface area contributed by atoms with Gasteiger partial charge < -0.3 is 24.0 Å². The van der Waals surface area contributed by atoms with Crippen molar-refractivity contribution in [1.29, 1.82) is 0 Å². The number of nitrogens with one attached hydrogen (secondary N) is 1. The van der Waals surface area contributed by atoms with Gasteiger partial charge in [0.25, 0.3) is 0 Å². The average molecular weight is 422 g/mol. The summed E-state index contributed by atoms with van der Waals surface area (Å²) in [6, 6.07) is 23.3. The van der Waals surface area contributed by atoms with Crippen molar-refractivity contribution in [2.75, 3.05) is 20.3 Å². The van der Waals surface area contributed by atoms with E-state index in [0.29, 0.717) is 25.8 Å². The summed E-state index contributed by atoms with van der Waals surface area (Å²) >= 11 is 0. The summed E-state index contributed by atoms with van der Waals surface area (Å²) in [5.41, 5.74) is 3.65. The standard InChI is InChI=1S/C26H32N2O3/c1-30-26-11-5-9-22(15-26)16-27-14-6-10-24(27)17-28(23-12-13-23)18-25(29)20-31-19-21-7-3-2-4-8-21/h2-11,14-15,23,25,29H,12-13,16-20H2,1H3/p+1/t25-/m1/s1. The van der Waals surface area contributed by atoms with Crippen molar-refractivity contribution < 1.29 is 19.5 Å². The van der Waals surface area contributed by atoms with E-state index in [1.54, 1.807) is 7.11 Å². The Hall–Kier alpha value is -2.60. The number of hydrogen-bond donors (Lipinski definition) is 2. The number of benzene rings is 2. The zero-order valence-electron chi connectivity index (χ0n) is 18.2. The molecule has 4 rings (SSSR count). The van der Waals surface area contributed by atoms with Crippen molar-refractivity contribution in [1.82, 2.24) is 4.57 Å². The second-order valence-electron chi connectivity index (χ2n) is 8.45. The van der Waals surface area contributed by atoms with Crippen LogP contribution in [-0.4, -0.2) is 42.1 Å². The predicted molar refractivity (Wildman–Crippen MR) is 121 cm³/mol. The van der Waals surface area contributed by atoms with Crippen LogP contribution in [0.15, 0.2) is 72.9 Å². The van der Waals surface area contributed by atoms with Gasteiger partial charge in [-0.25, -0.2) is 0 Å². The first-order valence-corrected chi connectivity index (χ1v) is 11.1. The number of aromatic nitrogens is 1. The minimum absolute atomic E-state index is 0.371. The highest BCUT2D eigenvalue weighted by Crippen LogP contribution is 2.17. The Kier molecular flexibility index (Phi) is 7.41. The van der Waals surface area contributed by atoms with E-state index in [2.05, 4.69) is 35.0 Å². The van der Waals surface area contributed by atoms with E-state index in [0.717, 1.165) is 24.4 Å². The average Bonchev–Trinajstić information content (AvgIpc) is 3.56. The molecule has 31 heavy (non-hydrogen) atoms. The lowest BCUT2D eigenvalue weighted by Gasteiger charge is -2.23. The minimum Gasteiger partial charge on any atom is -0.497 e. The summed E-state index contributed by atoms with van der Waals surface area (Å²) in [6.07, 6.45) is 4.16. The molecule has 0 bridgehead atoms. The fraction of sp³-hybridized carbons (Fsp3) is 0.385. The number of aliphatic hydroxyl groups excluding tert-OH is 1. The van der Waals surface area contributed by atoms with Gasteiger partial charge in [0.1, 0.15) is 24.9 Å². The lowest BCUT2D eigenvalue weighted by molar-refractivity contribution is -0.928. The zero-order chi connectivity index (χ0) is 21.5. The van der Waals surface area contributed by atoms with E-state index >= 15 is 0 Å². The van der Waals surface area contributed by atoms with Crippen LogP contribution in [0.2, 0.25) is 0 Å². The Morgan fingerprint density at radius 1 is 1.03 bits per heavy atom. The summed E-state index contributed by atoms with van der Waals surface area (Å²) in [7, 11) is 1.70. The van der Waals surface area contributed by atoms with Gasteiger partial charge in [-0.1, -0.05) is 42.5 Å². The van der Waals surface area contributed by atoms with Gasteiger partial charge >= 0.3 is 0 Å². The summed E-state index contributed by atoms with van der Waals surface area (Å²) < 4.78 is 13.4. The van der Waals surface area contributed by atoms with E-state index < -0.39 is 6.10 Å². The SMILES string of the molecule is COc1cccc(Cn2cccc2C[NH+](C[C@@H](O)COCc2ccccc2)C2CC2)c1. The molecule has 0 amide bonds. The van der Waals surface area contributed by atoms with Crippen molar-refractivity contribution in [3.63, 3.8) is 0 Å². The molecular formula is C26H33N2O3+. The lowest BCUT2D eigenvalue weighted by Crippen LogP contribution is -3.13. The largest absolute Gasteiger partial charge is 0.497 e. The van der Waals surface area contributed by atoms with Crippen molar-refractivity contribution in [2.24, 2.45) is 0 Å². The Labute approximate surface area is 184 Å². The lowest BCUT2D eigenvalue weighted by atomic mass is 10.2. The topological polar surface area (TPSA) is 48.1 Å². The number of quaternary nitrogens is 1. The van der Waals surface area contributed by atoms with Gasteiger partial charge in [0, 0.05) is 25.6 Å². The molecular weight excluding hydrogens is 388 g/mol. The first-order chi connectivity index (χ1) is 15.2. The van der Waals surface area contributed by atoms with Gasteiger partial charge in [0.05, 0.1) is 32.1 Å². The fourth-order valence-corrected chi connectivity index (χ4v) is 4.09. The molecule has 1 heterocycles. The maximum atomic E-state index is 10.6. The van der Waals surface area contributed by atoms with Crippen LogP contribution < -0.4 is 9.64 Å². The Morgan fingerprint density at radius 2 is 1.84 bits per heavy atom. The van der Waals surface area contributed by atoms with Gasteiger partial charge in [-0.3, -0.25) is 0 Å². The summed E-state index contributed by atoms with van der Waals surface area (Å²) in [6.45, 7) is 3.36. The van der Waals surface area contributed by atoms with E-state index in [-0.39, 0.29) is 0 Å². The number of hydrogen-bond acceptors (Lipinski definition) is 3. The molecule has 1 aliphatic carbocycles. The molecule has 1 aromatic heterocycles. The molecule has 2 N–H and O–H groups in total. The van der Waals surface area contributed by atoms with Crippen LogP contribution in [-0.2, 0) is 24.4 Å². The molecule has 0 spiro atoms. The van der Waals surface area contributed by atoms with Crippen molar-refractivity contribution in [2.45, 2.75) is 44.7 Å². The van der Waals surface area contributed by atoms with E-state index in [9.17, 15) is 5.11 Å². The van der Waals surface area contributed by atoms with E-state index in [4.69, 9.17) is 9.47 Å². The third-order valence-corrected chi connectivity index (χ3v) is 5.89. The molecule has 1 unspecified atom stereocenters. The molecule has 2 aromatic carbocycles.